The van der Waals surface area contributed by atoms with E-state index in [1.165, 1.54) is 10.5 Å². The van der Waals surface area contributed by atoms with Crippen LogP contribution >= 0.6 is 0 Å². The number of fused-ring (bicyclic) bond motifs is 1. The van der Waals surface area contributed by atoms with E-state index in [9.17, 15) is 14.7 Å². The minimum absolute atomic E-state index is 0.0799. The van der Waals surface area contributed by atoms with Crippen molar-refractivity contribution in [1.82, 2.24) is 20.4 Å². The minimum atomic E-state index is -0.849. The number of amides is 3. The van der Waals surface area contributed by atoms with Crippen molar-refractivity contribution >= 4 is 17.9 Å². The van der Waals surface area contributed by atoms with Crippen molar-refractivity contribution in [2.75, 3.05) is 26.7 Å². The molecule has 3 rings (SSSR count). The maximum atomic E-state index is 12.6. The summed E-state index contributed by atoms with van der Waals surface area (Å²) in [5.74, 6) is 0.817. The van der Waals surface area contributed by atoms with E-state index in [4.69, 9.17) is 4.74 Å². The van der Waals surface area contributed by atoms with Crippen LogP contribution in [0.25, 0.3) is 0 Å². The zero-order chi connectivity index (χ0) is 23.3. The number of aliphatic hydroxyl groups excluding tert-OH is 1. The summed E-state index contributed by atoms with van der Waals surface area (Å²) in [6.07, 6.45) is 2.95. The molecule has 2 heterocycles. The fourth-order valence-corrected chi connectivity index (χ4v) is 3.92. The van der Waals surface area contributed by atoms with Gasteiger partial charge in [-0.15, -0.1) is 0 Å². The topological polar surface area (TPSA) is 106 Å². The average Bonchev–Trinajstić information content (AvgIpc) is 3.11. The van der Waals surface area contributed by atoms with Gasteiger partial charge in [0.1, 0.15) is 24.6 Å². The van der Waals surface area contributed by atoms with E-state index in [-0.39, 0.29) is 13.2 Å². The number of urea groups is 1. The number of guanidine groups is 1. The summed E-state index contributed by atoms with van der Waals surface area (Å²) in [5, 5.41) is 16.3. The highest BCUT2D eigenvalue weighted by atomic mass is 16.5. The van der Waals surface area contributed by atoms with Crippen LogP contribution in [0.4, 0.5) is 4.79 Å². The first kappa shape index (κ1) is 23.8. The summed E-state index contributed by atoms with van der Waals surface area (Å²) in [6, 6.07) is 4.68. The molecule has 0 radical (unpaired) electrons. The van der Waals surface area contributed by atoms with Gasteiger partial charge in [-0.3, -0.25) is 15.1 Å². The van der Waals surface area contributed by atoms with Gasteiger partial charge < -0.3 is 25.0 Å². The molecule has 1 aromatic rings. The number of ether oxygens (including phenoxy) is 1. The molecule has 3 N–H and O–H groups in total. The van der Waals surface area contributed by atoms with Crippen LogP contribution in [0.2, 0.25) is 0 Å². The Bertz CT molecular complexity index is 859. The Balaban J connectivity index is 1.68. The van der Waals surface area contributed by atoms with Crippen LogP contribution in [-0.2, 0) is 4.79 Å². The third kappa shape index (κ3) is 5.51. The van der Waals surface area contributed by atoms with Crippen molar-refractivity contribution in [3.8, 4) is 5.75 Å². The van der Waals surface area contributed by atoms with Crippen LogP contribution in [0.15, 0.2) is 23.2 Å². The van der Waals surface area contributed by atoms with Crippen molar-refractivity contribution in [3.63, 3.8) is 0 Å². The molecule has 9 heteroatoms. The number of nitrogens with one attached hydrogen (secondary N) is 2. The van der Waals surface area contributed by atoms with E-state index in [1.807, 2.05) is 32.0 Å². The zero-order valence-corrected chi connectivity index (χ0v) is 19.4. The smallest absolute Gasteiger partial charge is 0.325 e. The third-order valence-corrected chi connectivity index (χ3v) is 6.02. The Labute approximate surface area is 189 Å². The van der Waals surface area contributed by atoms with E-state index >= 15 is 0 Å². The Morgan fingerprint density at radius 2 is 1.97 bits per heavy atom. The molecule has 176 valence electrons. The van der Waals surface area contributed by atoms with Gasteiger partial charge in [0.05, 0.1) is 6.54 Å². The minimum Gasteiger partial charge on any atom is -0.491 e. The number of likely N-dealkylation sites (N-methyl/N-ethyl adjacent to an activating group) is 1. The summed E-state index contributed by atoms with van der Waals surface area (Å²) in [4.78, 5) is 32.5. The number of unbranched alkanes of at least 4 members (excludes halogenated alkanes) is 3. The van der Waals surface area contributed by atoms with Gasteiger partial charge in [-0.1, -0.05) is 32.3 Å². The van der Waals surface area contributed by atoms with Crippen LogP contribution in [0, 0.1) is 13.8 Å². The molecule has 3 amide bonds. The fourth-order valence-electron chi connectivity index (χ4n) is 3.92. The van der Waals surface area contributed by atoms with Gasteiger partial charge in [0.15, 0.2) is 12.0 Å². The second-order valence-electron chi connectivity index (χ2n) is 8.57. The number of β-amino-alcohol motifs (C(OH)–C–C–N with tert-alkyl or cyclic N) is 1. The molecule has 0 aromatic heterocycles. The van der Waals surface area contributed by atoms with Gasteiger partial charge in [-0.2, -0.15) is 0 Å². The van der Waals surface area contributed by atoms with E-state index in [0.29, 0.717) is 18.3 Å². The third-order valence-electron chi connectivity index (χ3n) is 6.02. The molecule has 2 aliphatic rings. The standard InChI is InChI=1S/C23H35N5O4/c1-5-6-7-8-11-24-22-25-20-19(21(30)26-23(31)27(20)4)28(22)13-17(29)14-32-18-10-9-15(2)16(3)12-18/h9-10,12,17,19-20,29H,5-8,11,13-14H2,1-4H3,(H,24,25)(H,26,30,31). The highest BCUT2D eigenvalue weighted by Crippen LogP contribution is 2.22. The van der Waals surface area contributed by atoms with Crippen molar-refractivity contribution in [3.05, 3.63) is 29.3 Å². The van der Waals surface area contributed by atoms with Crippen LogP contribution in [0.5, 0.6) is 5.75 Å². The molecule has 0 bridgehead atoms. The van der Waals surface area contributed by atoms with Crippen LogP contribution in [-0.4, -0.2) is 77.9 Å². The Morgan fingerprint density at radius 3 is 2.69 bits per heavy atom. The summed E-state index contributed by atoms with van der Waals surface area (Å²) in [7, 11) is 1.63. The quantitative estimate of drug-likeness (QED) is 0.474. The second kappa shape index (κ2) is 10.7. The second-order valence-corrected chi connectivity index (χ2v) is 8.57. The summed E-state index contributed by atoms with van der Waals surface area (Å²) < 4.78 is 5.77. The molecular formula is C23H35N5O4. The number of imide groups is 1. The molecule has 9 nitrogen and oxygen atoms in total. The number of hydrogen-bond acceptors (Lipinski definition) is 5. The molecule has 3 unspecified atom stereocenters. The lowest BCUT2D eigenvalue weighted by molar-refractivity contribution is -0.127. The van der Waals surface area contributed by atoms with Crippen molar-refractivity contribution in [1.29, 1.82) is 0 Å². The molecule has 1 aromatic carbocycles. The SMILES string of the molecule is CCCCCCN=C1NC2C(C(=O)NC(=O)N2C)N1CC(O)COc1ccc(C)c(C)c1. The van der Waals surface area contributed by atoms with Crippen LogP contribution < -0.4 is 15.4 Å². The molecule has 3 atom stereocenters. The van der Waals surface area contributed by atoms with Gasteiger partial charge in [0.2, 0.25) is 0 Å². The summed E-state index contributed by atoms with van der Waals surface area (Å²) in [5.41, 5.74) is 2.29. The highest BCUT2D eigenvalue weighted by molar-refractivity contribution is 6.04. The van der Waals surface area contributed by atoms with E-state index < -0.39 is 30.2 Å². The van der Waals surface area contributed by atoms with Gasteiger partial charge in [-0.05, 0) is 43.5 Å². The first-order valence-electron chi connectivity index (χ1n) is 11.3. The van der Waals surface area contributed by atoms with Crippen molar-refractivity contribution in [2.24, 2.45) is 4.99 Å². The van der Waals surface area contributed by atoms with E-state index in [0.717, 1.165) is 31.2 Å². The van der Waals surface area contributed by atoms with Gasteiger partial charge in [0, 0.05) is 13.6 Å². The number of hydrogen-bond donors (Lipinski definition) is 3. The van der Waals surface area contributed by atoms with Crippen molar-refractivity contribution in [2.45, 2.75) is 64.8 Å². The maximum Gasteiger partial charge on any atom is 0.325 e. The average molecular weight is 446 g/mol. The number of aliphatic hydroxyl groups is 1. The first-order chi connectivity index (χ1) is 15.3. The molecular weight excluding hydrogens is 410 g/mol. The predicted octanol–water partition coefficient (Wildman–Crippen LogP) is 1.76. The maximum absolute atomic E-state index is 12.6. The molecule has 0 aliphatic carbocycles. The zero-order valence-electron chi connectivity index (χ0n) is 19.4. The van der Waals surface area contributed by atoms with E-state index in [1.54, 1.807) is 11.9 Å². The van der Waals surface area contributed by atoms with Crippen molar-refractivity contribution < 1.29 is 19.4 Å². The van der Waals surface area contributed by atoms with E-state index in [2.05, 4.69) is 22.5 Å². The van der Waals surface area contributed by atoms with Crippen LogP contribution in [0.3, 0.4) is 0 Å². The lowest BCUT2D eigenvalue weighted by atomic mass is 10.1. The Hall–Kier alpha value is -2.81. The molecule has 2 aliphatic heterocycles. The number of aliphatic imine (C=N–C) groups is 1. The Morgan fingerprint density at radius 1 is 1.19 bits per heavy atom. The highest BCUT2D eigenvalue weighted by Gasteiger charge is 2.50. The van der Waals surface area contributed by atoms with Gasteiger partial charge >= 0.3 is 6.03 Å². The molecule has 2 fully saturated rings. The number of carbonyl (C=O) groups is 2. The number of rotatable bonds is 10. The monoisotopic (exact) mass is 445 g/mol. The Kier molecular flexibility index (Phi) is 7.95. The largest absolute Gasteiger partial charge is 0.491 e. The predicted molar refractivity (Wildman–Crippen MR) is 123 cm³/mol. The number of carbonyl (C=O) groups excluding carboxylic acids is 2. The van der Waals surface area contributed by atoms with Crippen LogP contribution in [0.1, 0.15) is 43.7 Å². The molecule has 0 spiro atoms. The lowest BCUT2D eigenvalue weighted by Crippen LogP contribution is -2.65. The summed E-state index contributed by atoms with van der Waals surface area (Å²) >= 11 is 0. The number of nitrogens with zero attached hydrogens (tertiary/aromatic N) is 3. The molecule has 2 saturated heterocycles. The van der Waals surface area contributed by atoms with Gasteiger partial charge in [-0.25, -0.2) is 4.79 Å². The fraction of sp³-hybridized carbons (Fsp3) is 0.609. The normalized spacial score (nSPS) is 22.6. The number of benzene rings is 1. The summed E-state index contributed by atoms with van der Waals surface area (Å²) in [6.45, 7) is 7.05. The lowest BCUT2D eigenvalue weighted by Gasteiger charge is -2.35. The first-order valence-corrected chi connectivity index (χ1v) is 11.3. The molecule has 0 saturated carbocycles. The molecule has 32 heavy (non-hydrogen) atoms. The number of aryl methyl sites for hydroxylation is 2. The van der Waals surface area contributed by atoms with Gasteiger partial charge in [0.25, 0.3) is 5.91 Å².